The van der Waals surface area contributed by atoms with Crippen LogP contribution in [0, 0.1) is 0 Å². The normalized spacial score (nSPS) is 12.5. The minimum atomic E-state index is 0.775. The summed E-state index contributed by atoms with van der Waals surface area (Å²) >= 11 is 12.2. The van der Waals surface area contributed by atoms with Crippen LogP contribution < -0.4 is 0 Å². The van der Waals surface area contributed by atoms with E-state index in [-0.39, 0.29) is 0 Å². The SMILES string of the molecule is Clc1ccc2c(c1)-c1cc3cc(Cl)ccc3cc1C2. The molecule has 0 N–H and O–H groups in total. The fraction of sp³-hybridized carbons (Fsp3) is 0.0588. The molecule has 0 atom stereocenters. The molecule has 0 amide bonds. The molecule has 0 spiro atoms. The zero-order valence-corrected chi connectivity index (χ0v) is 11.6. The highest BCUT2D eigenvalue weighted by Gasteiger charge is 2.19. The highest BCUT2D eigenvalue weighted by atomic mass is 35.5. The Balaban J connectivity index is 2.03. The van der Waals surface area contributed by atoms with Crippen molar-refractivity contribution in [2.45, 2.75) is 6.42 Å². The van der Waals surface area contributed by atoms with Crippen LogP contribution in [0.4, 0.5) is 0 Å². The highest BCUT2D eigenvalue weighted by molar-refractivity contribution is 6.31. The first kappa shape index (κ1) is 11.3. The molecule has 0 heterocycles. The van der Waals surface area contributed by atoms with Gasteiger partial charge < -0.3 is 0 Å². The van der Waals surface area contributed by atoms with Gasteiger partial charge in [-0.2, -0.15) is 0 Å². The molecule has 3 aromatic carbocycles. The molecule has 92 valence electrons. The molecule has 0 nitrogen and oxygen atoms in total. The van der Waals surface area contributed by atoms with Crippen molar-refractivity contribution in [3.8, 4) is 11.1 Å². The van der Waals surface area contributed by atoms with Gasteiger partial charge in [-0.25, -0.2) is 0 Å². The van der Waals surface area contributed by atoms with E-state index in [2.05, 4.69) is 30.3 Å². The number of rotatable bonds is 0. The second-order valence-electron chi connectivity index (χ2n) is 4.98. The van der Waals surface area contributed by atoms with Gasteiger partial charge in [-0.15, -0.1) is 0 Å². The van der Waals surface area contributed by atoms with Crippen molar-refractivity contribution in [1.82, 2.24) is 0 Å². The molecule has 1 aliphatic carbocycles. The van der Waals surface area contributed by atoms with E-state index in [4.69, 9.17) is 23.2 Å². The maximum atomic E-state index is 6.11. The van der Waals surface area contributed by atoms with Gasteiger partial charge in [0, 0.05) is 10.0 Å². The number of benzene rings is 3. The smallest absolute Gasteiger partial charge is 0.0412 e. The van der Waals surface area contributed by atoms with Crippen molar-refractivity contribution >= 4 is 34.0 Å². The third kappa shape index (κ3) is 1.75. The molecule has 0 bridgehead atoms. The maximum Gasteiger partial charge on any atom is 0.0412 e. The van der Waals surface area contributed by atoms with Crippen LogP contribution in [0.2, 0.25) is 10.0 Å². The lowest BCUT2D eigenvalue weighted by Gasteiger charge is -2.05. The van der Waals surface area contributed by atoms with Crippen molar-refractivity contribution < 1.29 is 0 Å². The molecule has 4 rings (SSSR count). The molecule has 0 radical (unpaired) electrons. The Bertz CT molecular complexity index is 819. The Morgan fingerprint density at radius 1 is 0.632 bits per heavy atom. The van der Waals surface area contributed by atoms with Crippen LogP contribution in [0.15, 0.2) is 48.5 Å². The Hall–Kier alpha value is -1.50. The number of hydrogen-bond acceptors (Lipinski definition) is 0. The monoisotopic (exact) mass is 284 g/mol. The largest absolute Gasteiger partial charge is 0.0843 e. The fourth-order valence-corrected chi connectivity index (χ4v) is 3.22. The zero-order valence-electron chi connectivity index (χ0n) is 10.1. The number of fused-ring (bicyclic) bond motifs is 4. The fourth-order valence-electron chi connectivity index (χ4n) is 2.87. The van der Waals surface area contributed by atoms with Gasteiger partial charge in [-0.05, 0) is 69.8 Å². The summed E-state index contributed by atoms with van der Waals surface area (Å²) in [4.78, 5) is 0. The lowest BCUT2D eigenvalue weighted by atomic mass is 10.0. The van der Waals surface area contributed by atoms with Crippen molar-refractivity contribution in [3.05, 3.63) is 69.7 Å². The van der Waals surface area contributed by atoms with Crippen LogP contribution in [0.5, 0.6) is 0 Å². The van der Waals surface area contributed by atoms with Gasteiger partial charge in [0.2, 0.25) is 0 Å². The van der Waals surface area contributed by atoms with E-state index in [1.807, 2.05) is 18.2 Å². The molecule has 0 unspecified atom stereocenters. The molecule has 0 aromatic heterocycles. The summed E-state index contributed by atoms with van der Waals surface area (Å²) in [5, 5.41) is 3.98. The van der Waals surface area contributed by atoms with Gasteiger partial charge in [0.25, 0.3) is 0 Å². The van der Waals surface area contributed by atoms with Gasteiger partial charge in [0.1, 0.15) is 0 Å². The number of hydrogen-bond donors (Lipinski definition) is 0. The van der Waals surface area contributed by atoms with Crippen molar-refractivity contribution in [1.29, 1.82) is 0 Å². The molecule has 0 aliphatic heterocycles. The molecule has 1 aliphatic rings. The first-order valence-electron chi connectivity index (χ1n) is 6.22. The summed E-state index contributed by atoms with van der Waals surface area (Å²) in [5.41, 5.74) is 5.25. The van der Waals surface area contributed by atoms with E-state index in [1.165, 1.54) is 33.0 Å². The van der Waals surface area contributed by atoms with Crippen LogP contribution in [0.25, 0.3) is 21.9 Å². The van der Waals surface area contributed by atoms with Gasteiger partial charge in [0.05, 0.1) is 0 Å². The quantitative estimate of drug-likeness (QED) is 0.387. The second-order valence-corrected chi connectivity index (χ2v) is 5.85. The Kier molecular flexibility index (Phi) is 2.38. The summed E-state index contributed by atoms with van der Waals surface area (Å²) in [6.45, 7) is 0. The first-order valence-corrected chi connectivity index (χ1v) is 6.97. The van der Waals surface area contributed by atoms with Crippen molar-refractivity contribution in [3.63, 3.8) is 0 Å². The van der Waals surface area contributed by atoms with Crippen LogP contribution in [-0.4, -0.2) is 0 Å². The average molecular weight is 285 g/mol. The Morgan fingerprint density at radius 3 is 2.26 bits per heavy atom. The summed E-state index contributed by atoms with van der Waals surface area (Å²) in [7, 11) is 0. The zero-order chi connectivity index (χ0) is 13.0. The minimum absolute atomic E-state index is 0.775. The van der Waals surface area contributed by atoms with E-state index in [1.54, 1.807) is 0 Å². The topological polar surface area (TPSA) is 0 Å². The summed E-state index contributed by atoms with van der Waals surface area (Å²) < 4.78 is 0. The van der Waals surface area contributed by atoms with Gasteiger partial charge in [0.15, 0.2) is 0 Å². The van der Waals surface area contributed by atoms with Gasteiger partial charge in [-0.3, -0.25) is 0 Å². The van der Waals surface area contributed by atoms with E-state index >= 15 is 0 Å². The predicted octanol–water partition coefficient (Wildman–Crippen LogP) is 5.72. The molecule has 0 saturated carbocycles. The van der Waals surface area contributed by atoms with Crippen molar-refractivity contribution in [2.75, 3.05) is 0 Å². The number of halogens is 2. The molecule has 19 heavy (non-hydrogen) atoms. The summed E-state index contributed by atoms with van der Waals surface area (Å²) in [5.74, 6) is 0. The molecule has 0 fully saturated rings. The van der Waals surface area contributed by atoms with E-state index in [9.17, 15) is 0 Å². The molecular formula is C17H10Cl2. The lowest BCUT2D eigenvalue weighted by molar-refractivity contribution is 1.27. The van der Waals surface area contributed by atoms with Crippen LogP contribution in [0.1, 0.15) is 11.1 Å². The molecular weight excluding hydrogens is 275 g/mol. The Morgan fingerprint density at radius 2 is 1.37 bits per heavy atom. The van der Waals surface area contributed by atoms with Crippen LogP contribution in [0.3, 0.4) is 0 Å². The standard InChI is InChI=1S/C17H10Cl2/c18-14-3-1-10-5-13-6-11-2-4-15(19)9-17(11)16(13)8-12(10)7-14/h1-5,7-9H,6H2. The first-order chi connectivity index (χ1) is 9.20. The Labute approximate surface area is 121 Å². The summed E-state index contributed by atoms with van der Waals surface area (Å²) in [6.07, 6.45) is 0.987. The highest BCUT2D eigenvalue weighted by Crippen LogP contribution is 2.40. The molecule has 2 heteroatoms. The van der Waals surface area contributed by atoms with E-state index in [0.717, 1.165) is 16.5 Å². The predicted molar refractivity (Wildman–Crippen MR) is 82.2 cm³/mol. The van der Waals surface area contributed by atoms with Crippen molar-refractivity contribution in [2.24, 2.45) is 0 Å². The third-order valence-corrected chi connectivity index (χ3v) is 4.24. The van der Waals surface area contributed by atoms with E-state index in [0.29, 0.717) is 0 Å². The maximum absolute atomic E-state index is 6.11. The van der Waals surface area contributed by atoms with Gasteiger partial charge >= 0.3 is 0 Å². The summed E-state index contributed by atoms with van der Waals surface area (Å²) in [6, 6.07) is 16.6. The van der Waals surface area contributed by atoms with Gasteiger partial charge in [-0.1, -0.05) is 41.4 Å². The van der Waals surface area contributed by atoms with E-state index < -0.39 is 0 Å². The second kappa shape index (κ2) is 4.00. The average Bonchev–Trinajstić information content (AvgIpc) is 2.73. The molecule has 3 aromatic rings. The molecule has 0 saturated heterocycles. The van der Waals surface area contributed by atoms with Crippen LogP contribution >= 0.6 is 23.2 Å². The minimum Gasteiger partial charge on any atom is -0.0843 e. The lowest BCUT2D eigenvalue weighted by Crippen LogP contribution is -1.81. The van der Waals surface area contributed by atoms with Crippen LogP contribution in [-0.2, 0) is 6.42 Å². The third-order valence-electron chi connectivity index (χ3n) is 3.77.